The van der Waals surface area contributed by atoms with E-state index in [2.05, 4.69) is 20.8 Å². The number of aromatic nitrogens is 2. The summed E-state index contributed by atoms with van der Waals surface area (Å²) >= 11 is 1.30. The largest absolute Gasteiger partial charge is 0.344 e. The zero-order valence-electron chi connectivity index (χ0n) is 13.6. The lowest BCUT2D eigenvalue weighted by molar-refractivity contribution is -0.128. The van der Waals surface area contributed by atoms with E-state index in [1.54, 1.807) is 20.8 Å². The van der Waals surface area contributed by atoms with Crippen molar-refractivity contribution >= 4 is 28.3 Å². The van der Waals surface area contributed by atoms with Gasteiger partial charge in [0.1, 0.15) is 11.0 Å². The maximum Gasteiger partial charge on any atom is 0.248 e. The number of benzene rings is 1. The van der Waals surface area contributed by atoms with Gasteiger partial charge in [0, 0.05) is 11.5 Å². The predicted octanol–water partition coefficient (Wildman–Crippen LogP) is 2.61. The molecule has 6 nitrogen and oxygen atoms in total. The first-order chi connectivity index (χ1) is 10.9. The van der Waals surface area contributed by atoms with Crippen LogP contribution in [0.1, 0.15) is 26.3 Å². The number of amides is 2. The van der Waals surface area contributed by atoms with Gasteiger partial charge in [0.2, 0.25) is 16.9 Å². The molecule has 23 heavy (non-hydrogen) atoms. The highest BCUT2D eigenvalue weighted by Crippen LogP contribution is 2.26. The van der Waals surface area contributed by atoms with Crippen molar-refractivity contribution in [1.29, 1.82) is 0 Å². The van der Waals surface area contributed by atoms with Crippen molar-refractivity contribution in [3.05, 3.63) is 29.8 Å². The lowest BCUT2D eigenvalue weighted by Crippen LogP contribution is -2.43. The van der Waals surface area contributed by atoms with E-state index in [1.807, 2.05) is 31.2 Å². The van der Waals surface area contributed by atoms with Crippen molar-refractivity contribution in [2.45, 2.75) is 33.7 Å². The summed E-state index contributed by atoms with van der Waals surface area (Å²) in [6, 6.07) is 7.29. The first-order valence-electron chi connectivity index (χ1n) is 7.38. The quantitative estimate of drug-likeness (QED) is 0.881. The molecule has 0 spiro atoms. The van der Waals surface area contributed by atoms with Gasteiger partial charge < -0.3 is 5.32 Å². The summed E-state index contributed by atoms with van der Waals surface area (Å²) in [5, 5.41) is 14.6. The fourth-order valence-electron chi connectivity index (χ4n) is 1.83. The van der Waals surface area contributed by atoms with Crippen LogP contribution in [0.15, 0.2) is 24.3 Å². The summed E-state index contributed by atoms with van der Waals surface area (Å²) < 4.78 is 0. The molecule has 1 aromatic carbocycles. The molecule has 0 aliphatic carbocycles. The van der Waals surface area contributed by atoms with E-state index < -0.39 is 6.04 Å². The lowest BCUT2D eigenvalue weighted by Gasteiger charge is -2.14. The second kappa shape index (κ2) is 7.32. The number of nitrogens with one attached hydrogen (secondary N) is 2. The molecule has 0 fully saturated rings. The van der Waals surface area contributed by atoms with Crippen molar-refractivity contribution in [3.63, 3.8) is 0 Å². The van der Waals surface area contributed by atoms with Crippen molar-refractivity contribution in [1.82, 2.24) is 15.5 Å². The smallest absolute Gasteiger partial charge is 0.248 e. The van der Waals surface area contributed by atoms with Gasteiger partial charge in [-0.1, -0.05) is 48.9 Å². The van der Waals surface area contributed by atoms with Crippen LogP contribution >= 0.6 is 11.3 Å². The number of anilines is 1. The van der Waals surface area contributed by atoms with Crippen LogP contribution in [0.3, 0.4) is 0 Å². The molecule has 0 saturated heterocycles. The number of hydrogen-bond acceptors (Lipinski definition) is 5. The Balaban J connectivity index is 2.01. The van der Waals surface area contributed by atoms with Gasteiger partial charge >= 0.3 is 0 Å². The molecule has 7 heteroatoms. The first kappa shape index (κ1) is 17.1. The normalized spacial score (nSPS) is 12.0. The van der Waals surface area contributed by atoms with Crippen LogP contribution in [-0.4, -0.2) is 28.1 Å². The molecular weight excluding hydrogens is 312 g/mol. The number of carbonyl (C=O) groups excluding carboxylic acids is 2. The number of carbonyl (C=O) groups is 2. The van der Waals surface area contributed by atoms with Gasteiger partial charge in [-0.05, 0) is 19.9 Å². The molecule has 0 radical (unpaired) electrons. The van der Waals surface area contributed by atoms with Gasteiger partial charge in [-0.2, -0.15) is 0 Å². The van der Waals surface area contributed by atoms with E-state index in [0.29, 0.717) is 5.13 Å². The number of nitrogens with zero attached hydrogens (tertiary/aromatic N) is 2. The second-order valence-corrected chi connectivity index (χ2v) is 6.63. The van der Waals surface area contributed by atoms with Crippen LogP contribution in [0.2, 0.25) is 0 Å². The van der Waals surface area contributed by atoms with Gasteiger partial charge in [0.25, 0.3) is 0 Å². The first-order valence-corrected chi connectivity index (χ1v) is 8.20. The van der Waals surface area contributed by atoms with Gasteiger partial charge in [0.15, 0.2) is 0 Å². The molecule has 0 saturated carbocycles. The summed E-state index contributed by atoms with van der Waals surface area (Å²) in [6.45, 7) is 7.20. The summed E-state index contributed by atoms with van der Waals surface area (Å²) in [7, 11) is 0. The summed E-state index contributed by atoms with van der Waals surface area (Å²) in [5.74, 6) is -0.643. The van der Waals surface area contributed by atoms with Crippen molar-refractivity contribution in [2.75, 3.05) is 5.32 Å². The molecule has 0 unspecified atom stereocenters. The second-order valence-electron chi connectivity index (χ2n) is 5.66. The van der Waals surface area contributed by atoms with Crippen LogP contribution in [0.5, 0.6) is 0 Å². The summed E-state index contributed by atoms with van der Waals surface area (Å²) in [4.78, 5) is 23.7. The highest BCUT2D eigenvalue weighted by atomic mass is 32.1. The molecule has 1 heterocycles. The minimum Gasteiger partial charge on any atom is -0.344 e. The monoisotopic (exact) mass is 332 g/mol. The third kappa shape index (κ3) is 4.59. The molecule has 0 bridgehead atoms. The van der Waals surface area contributed by atoms with Gasteiger partial charge in [-0.25, -0.2) is 0 Å². The molecule has 2 rings (SSSR count). The Kier molecular flexibility index (Phi) is 5.44. The molecule has 0 aliphatic heterocycles. The SMILES string of the molecule is Cc1cccc(-c2nnc(NC(=O)[C@H](C)NC(=O)C(C)C)s2)c1. The number of hydrogen-bond donors (Lipinski definition) is 2. The van der Waals surface area contributed by atoms with Gasteiger partial charge in [-0.15, -0.1) is 10.2 Å². The molecule has 2 N–H and O–H groups in total. The Bertz CT molecular complexity index is 712. The molecule has 1 aromatic heterocycles. The predicted molar refractivity (Wildman–Crippen MR) is 91.2 cm³/mol. The molecule has 2 amide bonds. The Morgan fingerprint density at radius 2 is 1.87 bits per heavy atom. The van der Waals surface area contributed by atoms with Crippen molar-refractivity contribution in [3.8, 4) is 10.6 Å². The Hall–Kier alpha value is -2.28. The van der Waals surface area contributed by atoms with Gasteiger partial charge in [-0.3, -0.25) is 14.9 Å². The van der Waals surface area contributed by atoms with Crippen LogP contribution in [-0.2, 0) is 9.59 Å². The highest BCUT2D eigenvalue weighted by Gasteiger charge is 2.19. The van der Waals surface area contributed by atoms with E-state index >= 15 is 0 Å². The average Bonchev–Trinajstić information content (AvgIpc) is 2.95. The Morgan fingerprint density at radius 3 is 2.52 bits per heavy atom. The van der Waals surface area contributed by atoms with Crippen LogP contribution < -0.4 is 10.6 Å². The van der Waals surface area contributed by atoms with Crippen molar-refractivity contribution in [2.24, 2.45) is 5.92 Å². The third-order valence-corrected chi connectivity index (χ3v) is 4.08. The summed E-state index contributed by atoms with van der Waals surface area (Å²) in [6.07, 6.45) is 0. The van der Waals surface area contributed by atoms with Gasteiger partial charge in [0.05, 0.1) is 0 Å². The van der Waals surface area contributed by atoms with Crippen LogP contribution in [0.25, 0.3) is 10.6 Å². The average molecular weight is 332 g/mol. The van der Waals surface area contributed by atoms with E-state index in [4.69, 9.17) is 0 Å². The molecule has 122 valence electrons. The van der Waals surface area contributed by atoms with Crippen molar-refractivity contribution < 1.29 is 9.59 Å². The molecule has 2 aromatic rings. The van der Waals surface area contributed by atoms with Crippen LogP contribution in [0, 0.1) is 12.8 Å². The fourth-order valence-corrected chi connectivity index (χ4v) is 2.57. The maximum atomic E-state index is 12.1. The maximum absolute atomic E-state index is 12.1. The molecule has 1 atom stereocenters. The van der Waals surface area contributed by atoms with E-state index in [-0.39, 0.29) is 17.7 Å². The van der Waals surface area contributed by atoms with E-state index in [1.165, 1.54) is 11.3 Å². The summed E-state index contributed by atoms with van der Waals surface area (Å²) in [5.41, 5.74) is 2.09. The number of rotatable bonds is 5. The Labute approximate surface area is 139 Å². The molecule has 0 aliphatic rings. The zero-order chi connectivity index (χ0) is 17.0. The lowest BCUT2D eigenvalue weighted by atomic mass is 10.1. The third-order valence-electron chi connectivity index (χ3n) is 3.20. The Morgan fingerprint density at radius 1 is 1.13 bits per heavy atom. The number of aryl methyl sites for hydroxylation is 1. The standard InChI is InChI=1S/C16H20N4O2S/c1-9(2)13(21)17-11(4)14(22)18-16-20-19-15(23-16)12-7-5-6-10(3)8-12/h5-9,11H,1-4H3,(H,17,21)(H,18,20,22)/t11-/m0/s1. The van der Waals surface area contributed by atoms with E-state index in [0.717, 1.165) is 16.1 Å². The minimum atomic E-state index is -0.629. The van der Waals surface area contributed by atoms with E-state index in [9.17, 15) is 9.59 Å². The van der Waals surface area contributed by atoms with Crippen LogP contribution in [0.4, 0.5) is 5.13 Å². The fraction of sp³-hybridized carbons (Fsp3) is 0.375. The topological polar surface area (TPSA) is 84.0 Å². The highest BCUT2D eigenvalue weighted by molar-refractivity contribution is 7.18. The minimum absolute atomic E-state index is 0.162. The molecular formula is C16H20N4O2S. The zero-order valence-corrected chi connectivity index (χ0v) is 14.4.